The van der Waals surface area contributed by atoms with E-state index in [-0.39, 0.29) is 11.6 Å². The number of aromatic carboxylic acids is 1. The molecule has 3 aromatic rings. The molecule has 0 radical (unpaired) electrons. The zero-order valence-electron chi connectivity index (χ0n) is 15.5. The van der Waals surface area contributed by atoms with Gasteiger partial charge in [0.15, 0.2) is 5.82 Å². The summed E-state index contributed by atoms with van der Waals surface area (Å²) in [4.78, 5) is 24.2. The van der Waals surface area contributed by atoms with Crippen LogP contribution in [0.4, 0.5) is 5.95 Å². The van der Waals surface area contributed by atoms with Crippen LogP contribution >= 0.6 is 0 Å². The molecule has 0 spiro atoms. The number of anilines is 1. The summed E-state index contributed by atoms with van der Waals surface area (Å²) in [6.45, 7) is 1.99. The molecule has 0 saturated heterocycles. The molecule has 9 nitrogen and oxygen atoms in total. The van der Waals surface area contributed by atoms with Gasteiger partial charge in [-0.15, -0.1) is 10.2 Å². The van der Waals surface area contributed by atoms with Gasteiger partial charge in [0.2, 0.25) is 5.95 Å². The van der Waals surface area contributed by atoms with Crippen molar-refractivity contribution in [3.63, 3.8) is 0 Å². The van der Waals surface area contributed by atoms with Crippen molar-refractivity contribution in [1.29, 1.82) is 0 Å². The smallest absolute Gasteiger partial charge is 0.335 e. The average Bonchev–Trinajstić information content (AvgIpc) is 3.39. The fourth-order valence-electron chi connectivity index (χ4n) is 3.56. The molecule has 0 amide bonds. The molecule has 1 aliphatic carbocycles. The summed E-state index contributed by atoms with van der Waals surface area (Å²) in [5.41, 5.74) is 1.19. The maximum atomic E-state index is 11.2. The maximum absolute atomic E-state index is 11.2. The number of carboxylic acids is 1. The van der Waals surface area contributed by atoms with E-state index < -0.39 is 5.97 Å². The van der Waals surface area contributed by atoms with Crippen LogP contribution in [0.2, 0.25) is 0 Å². The normalized spacial score (nSPS) is 15.5. The van der Waals surface area contributed by atoms with Crippen LogP contribution < -0.4 is 5.32 Å². The van der Waals surface area contributed by atoms with Gasteiger partial charge >= 0.3 is 5.97 Å². The minimum absolute atomic E-state index is 0.128. The molecule has 0 unspecified atom stereocenters. The number of hydrogen-bond acceptors (Lipinski definition) is 7. The summed E-state index contributed by atoms with van der Waals surface area (Å²) in [6, 6.07) is 4.96. The Morgan fingerprint density at radius 3 is 2.79 bits per heavy atom. The first-order valence-electron chi connectivity index (χ1n) is 9.30. The fourth-order valence-corrected chi connectivity index (χ4v) is 3.56. The fraction of sp³-hybridized carbons (Fsp3) is 0.368. The minimum Gasteiger partial charge on any atom is -0.478 e. The van der Waals surface area contributed by atoms with Gasteiger partial charge in [-0.25, -0.2) is 14.8 Å². The molecule has 28 heavy (non-hydrogen) atoms. The lowest BCUT2D eigenvalue weighted by molar-refractivity contribution is 0.0697. The maximum Gasteiger partial charge on any atom is 0.335 e. The second kappa shape index (κ2) is 7.71. The molecular weight excluding hydrogens is 358 g/mol. The van der Waals surface area contributed by atoms with Crippen LogP contribution in [0.1, 0.15) is 60.9 Å². The van der Waals surface area contributed by atoms with E-state index in [1.807, 2.05) is 6.92 Å². The Morgan fingerprint density at radius 2 is 2.00 bits per heavy atom. The number of pyridine rings is 1. The molecule has 1 saturated carbocycles. The van der Waals surface area contributed by atoms with Crippen LogP contribution in [0.3, 0.4) is 0 Å². The number of rotatable bonds is 6. The van der Waals surface area contributed by atoms with E-state index in [1.165, 1.54) is 31.2 Å². The van der Waals surface area contributed by atoms with Crippen molar-refractivity contribution in [1.82, 2.24) is 29.7 Å². The molecule has 2 N–H and O–H groups in total. The van der Waals surface area contributed by atoms with Crippen LogP contribution in [-0.2, 0) is 0 Å². The summed E-state index contributed by atoms with van der Waals surface area (Å²) >= 11 is 0. The summed E-state index contributed by atoms with van der Waals surface area (Å²) in [5, 5.41) is 20.8. The van der Waals surface area contributed by atoms with Gasteiger partial charge in [-0.1, -0.05) is 12.8 Å². The van der Waals surface area contributed by atoms with Crippen molar-refractivity contribution < 1.29 is 9.90 Å². The van der Waals surface area contributed by atoms with E-state index in [0.29, 0.717) is 23.4 Å². The molecule has 3 heterocycles. The number of carbonyl (C=O) groups is 1. The van der Waals surface area contributed by atoms with Gasteiger partial charge in [0.05, 0.1) is 23.0 Å². The molecule has 4 rings (SSSR count). The largest absolute Gasteiger partial charge is 0.478 e. The van der Waals surface area contributed by atoms with Gasteiger partial charge in [-0.05, 0) is 38.0 Å². The van der Waals surface area contributed by atoms with Crippen LogP contribution in [-0.4, -0.2) is 40.8 Å². The van der Waals surface area contributed by atoms with Crippen LogP contribution in [0, 0.1) is 0 Å². The van der Waals surface area contributed by atoms with Crippen LogP contribution in [0.25, 0.3) is 11.4 Å². The highest BCUT2D eigenvalue weighted by Crippen LogP contribution is 2.31. The molecule has 3 aromatic heterocycles. The van der Waals surface area contributed by atoms with E-state index in [9.17, 15) is 4.79 Å². The van der Waals surface area contributed by atoms with Gasteiger partial charge in [-0.2, -0.15) is 0 Å². The predicted molar refractivity (Wildman–Crippen MR) is 102 cm³/mol. The monoisotopic (exact) mass is 379 g/mol. The van der Waals surface area contributed by atoms with Gasteiger partial charge in [0.1, 0.15) is 6.33 Å². The van der Waals surface area contributed by atoms with Gasteiger partial charge < -0.3 is 15.0 Å². The van der Waals surface area contributed by atoms with Crippen molar-refractivity contribution in [2.75, 3.05) is 5.32 Å². The third-order valence-electron chi connectivity index (χ3n) is 4.98. The van der Waals surface area contributed by atoms with E-state index >= 15 is 0 Å². The highest BCUT2D eigenvalue weighted by molar-refractivity contribution is 5.88. The second-order valence-corrected chi connectivity index (χ2v) is 6.90. The summed E-state index contributed by atoms with van der Waals surface area (Å²) in [7, 11) is 0. The minimum atomic E-state index is -1.00. The first-order chi connectivity index (χ1) is 13.6. The average molecular weight is 379 g/mol. The SMILES string of the molecule is C[C@@H](Nc1nccc(-c2cc(C(=O)O)ccn2)n1)c1nncn1C1CCCC1. The van der Waals surface area contributed by atoms with Gasteiger partial charge in [0, 0.05) is 18.4 Å². The zero-order valence-corrected chi connectivity index (χ0v) is 15.5. The molecule has 144 valence electrons. The molecular formula is C19H21N7O2. The molecule has 0 aromatic carbocycles. The molecule has 1 fully saturated rings. The topological polar surface area (TPSA) is 119 Å². The van der Waals surface area contributed by atoms with Gasteiger partial charge in [-0.3, -0.25) is 4.98 Å². The lowest BCUT2D eigenvalue weighted by Gasteiger charge is -2.18. The summed E-state index contributed by atoms with van der Waals surface area (Å²) < 4.78 is 2.15. The van der Waals surface area contributed by atoms with E-state index in [1.54, 1.807) is 18.6 Å². The summed E-state index contributed by atoms with van der Waals surface area (Å²) in [5.74, 6) is 0.274. The Labute approximate surface area is 161 Å². The van der Waals surface area contributed by atoms with E-state index in [2.05, 4.69) is 35.0 Å². The third-order valence-corrected chi connectivity index (χ3v) is 4.98. The number of aromatic nitrogens is 6. The molecule has 1 atom stereocenters. The Bertz CT molecular complexity index is 982. The van der Waals surface area contributed by atoms with Crippen molar-refractivity contribution >= 4 is 11.9 Å². The van der Waals surface area contributed by atoms with Crippen LogP contribution in [0.5, 0.6) is 0 Å². The Hall–Kier alpha value is -3.36. The van der Waals surface area contributed by atoms with Gasteiger partial charge in [0.25, 0.3) is 0 Å². The van der Waals surface area contributed by atoms with E-state index in [4.69, 9.17) is 5.11 Å². The first-order valence-corrected chi connectivity index (χ1v) is 9.30. The van der Waals surface area contributed by atoms with Crippen molar-refractivity contribution in [3.8, 4) is 11.4 Å². The Morgan fingerprint density at radius 1 is 1.21 bits per heavy atom. The third kappa shape index (κ3) is 3.68. The highest BCUT2D eigenvalue weighted by Gasteiger charge is 2.23. The summed E-state index contributed by atoms with van der Waals surface area (Å²) in [6.07, 6.45) is 9.64. The number of hydrogen-bond donors (Lipinski definition) is 2. The lowest BCUT2D eigenvalue weighted by Crippen LogP contribution is -2.17. The number of carboxylic acid groups (broad SMARTS) is 1. The molecule has 1 aliphatic rings. The lowest BCUT2D eigenvalue weighted by atomic mass is 10.2. The first kappa shape index (κ1) is 18.0. The Balaban J connectivity index is 1.55. The number of nitrogens with one attached hydrogen (secondary N) is 1. The Kier molecular flexibility index (Phi) is 4.96. The highest BCUT2D eigenvalue weighted by atomic mass is 16.4. The number of nitrogens with zero attached hydrogens (tertiary/aromatic N) is 6. The predicted octanol–water partition coefficient (Wildman–Crippen LogP) is 3.12. The standard InChI is InChI=1S/C19H21N7O2/c1-12(17-25-22-11-26(17)14-4-2-3-5-14)23-19-21-9-7-15(24-19)16-10-13(18(27)28)6-8-20-16/h6-12,14H,2-5H2,1H3,(H,27,28)(H,21,23,24)/t12-/m1/s1. The second-order valence-electron chi connectivity index (χ2n) is 6.90. The van der Waals surface area contributed by atoms with Crippen molar-refractivity contribution in [2.45, 2.75) is 44.7 Å². The molecule has 0 aliphatic heterocycles. The zero-order chi connectivity index (χ0) is 19.5. The van der Waals surface area contributed by atoms with Crippen LogP contribution in [0.15, 0.2) is 36.9 Å². The molecule has 0 bridgehead atoms. The van der Waals surface area contributed by atoms with Crippen molar-refractivity contribution in [3.05, 3.63) is 48.3 Å². The van der Waals surface area contributed by atoms with Crippen molar-refractivity contribution in [2.24, 2.45) is 0 Å². The molecule has 9 heteroatoms. The van der Waals surface area contributed by atoms with E-state index in [0.717, 1.165) is 18.7 Å². The quantitative estimate of drug-likeness (QED) is 0.670.